The molecule has 1 aliphatic heterocycles. The largest absolute Gasteiger partial charge is 0.326 e. The number of carbonyl (C=O) groups is 2. The van der Waals surface area contributed by atoms with E-state index in [2.05, 4.69) is 10.3 Å². The van der Waals surface area contributed by atoms with E-state index in [1.165, 1.54) is 27.7 Å². The van der Waals surface area contributed by atoms with Crippen LogP contribution >= 0.6 is 23.1 Å². The van der Waals surface area contributed by atoms with E-state index >= 15 is 0 Å². The SMILES string of the molecule is Cn1c(SCC(=O)c2ccc3c(c2)CCC(=O)N3)nc2ccsc2c1=O. The summed E-state index contributed by atoms with van der Waals surface area (Å²) in [6, 6.07) is 7.15. The number of carbonyl (C=O) groups excluding carboxylic acids is 2. The Morgan fingerprint density at radius 3 is 3.00 bits per heavy atom. The predicted octanol–water partition coefficient (Wildman–Crippen LogP) is 2.85. The lowest BCUT2D eigenvalue weighted by Gasteiger charge is -2.17. The van der Waals surface area contributed by atoms with Crippen LogP contribution in [0.3, 0.4) is 0 Å². The number of thiophene rings is 1. The maximum atomic E-state index is 12.6. The Hall–Kier alpha value is -2.45. The van der Waals surface area contributed by atoms with E-state index in [1.54, 1.807) is 19.2 Å². The molecule has 1 aromatic carbocycles. The standard InChI is InChI=1S/C18H15N3O3S2/c1-21-17(24)16-13(6-7-25-16)20-18(21)26-9-14(22)11-2-4-12-10(8-11)3-5-15(23)19-12/h2,4,6-8H,3,5,9H2,1H3,(H,19,23). The van der Waals surface area contributed by atoms with Gasteiger partial charge in [0.05, 0.1) is 11.3 Å². The van der Waals surface area contributed by atoms with E-state index in [4.69, 9.17) is 0 Å². The van der Waals surface area contributed by atoms with Gasteiger partial charge < -0.3 is 5.32 Å². The number of anilines is 1. The van der Waals surface area contributed by atoms with Crippen molar-refractivity contribution < 1.29 is 9.59 Å². The average molecular weight is 385 g/mol. The van der Waals surface area contributed by atoms with Crippen molar-refractivity contribution in [2.75, 3.05) is 11.1 Å². The van der Waals surface area contributed by atoms with Gasteiger partial charge in [0.2, 0.25) is 5.91 Å². The molecular weight excluding hydrogens is 370 g/mol. The summed E-state index contributed by atoms with van der Waals surface area (Å²) in [5, 5.41) is 5.17. The van der Waals surface area contributed by atoms with Gasteiger partial charge in [0.15, 0.2) is 10.9 Å². The highest BCUT2D eigenvalue weighted by Crippen LogP contribution is 2.25. The summed E-state index contributed by atoms with van der Waals surface area (Å²) in [5.74, 6) is 0.165. The van der Waals surface area contributed by atoms with Crippen LogP contribution in [0.5, 0.6) is 0 Å². The molecule has 26 heavy (non-hydrogen) atoms. The normalized spacial score (nSPS) is 13.5. The third-order valence-corrected chi connectivity index (χ3v) is 6.22. The number of amides is 1. The molecular formula is C18H15N3O3S2. The monoisotopic (exact) mass is 385 g/mol. The van der Waals surface area contributed by atoms with Crippen LogP contribution in [0, 0.1) is 0 Å². The number of fused-ring (bicyclic) bond motifs is 2. The maximum absolute atomic E-state index is 12.6. The van der Waals surface area contributed by atoms with Crippen LogP contribution in [-0.4, -0.2) is 27.0 Å². The molecule has 2 aromatic heterocycles. The van der Waals surface area contributed by atoms with E-state index < -0.39 is 0 Å². The number of nitrogens with zero attached hydrogens (tertiary/aromatic N) is 2. The van der Waals surface area contributed by atoms with Gasteiger partial charge in [0.25, 0.3) is 5.56 Å². The topological polar surface area (TPSA) is 81.1 Å². The minimum Gasteiger partial charge on any atom is -0.326 e. The van der Waals surface area contributed by atoms with Crippen LogP contribution in [-0.2, 0) is 18.3 Å². The summed E-state index contributed by atoms with van der Waals surface area (Å²) < 4.78 is 2.11. The highest BCUT2D eigenvalue weighted by Gasteiger charge is 2.17. The first-order chi connectivity index (χ1) is 12.5. The van der Waals surface area contributed by atoms with E-state index in [-0.39, 0.29) is 23.0 Å². The van der Waals surface area contributed by atoms with Crippen molar-refractivity contribution in [2.24, 2.45) is 7.05 Å². The molecule has 4 rings (SSSR count). The second-order valence-electron chi connectivity index (χ2n) is 6.03. The second kappa shape index (κ2) is 6.69. The number of hydrogen-bond acceptors (Lipinski definition) is 6. The molecule has 1 amide bonds. The van der Waals surface area contributed by atoms with Crippen LogP contribution in [0.25, 0.3) is 10.2 Å². The zero-order chi connectivity index (χ0) is 18.3. The molecule has 0 unspecified atom stereocenters. The first kappa shape index (κ1) is 17.0. The summed E-state index contributed by atoms with van der Waals surface area (Å²) in [4.78, 5) is 40.8. The fourth-order valence-electron chi connectivity index (χ4n) is 2.87. The van der Waals surface area contributed by atoms with Crippen molar-refractivity contribution in [1.82, 2.24) is 9.55 Å². The van der Waals surface area contributed by atoms with Crippen LogP contribution in [0.4, 0.5) is 5.69 Å². The minimum absolute atomic E-state index is 0.00273. The quantitative estimate of drug-likeness (QED) is 0.424. The number of aromatic nitrogens is 2. The molecule has 0 spiro atoms. The molecule has 0 bridgehead atoms. The molecule has 3 heterocycles. The van der Waals surface area contributed by atoms with E-state index in [1.807, 2.05) is 17.5 Å². The van der Waals surface area contributed by atoms with Gasteiger partial charge in [-0.2, -0.15) is 0 Å². The molecule has 0 radical (unpaired) electrons. The van der Waals surface area contributed by atoms with Crippen LogP contribution in [0.1, 0.15) is 22.3 Å². The van der Waals surface area contributed by atoms with Crippen molar-refractivity contribution in [3.63, 3.8) is 0 Å². The first-order valence-electron chi connectivity index (χ1n) is 8.06. The third kappa shape index (κ3) is 3.06. The summed E-state index contributed by atoms with van der Waals surface area (Å²) in [6.45, 7) is 0. The smallest absolute Gasteiger partial charge is 0.271 e. The fourth-order valence-corrected chi connectivity index (χ4v) is 4.54. The highest BCUT2D eigenvalue weighted by molar-refractivity contribution is 7.99. The van der Waals surface area contributed by atoms with Crippen molar-refractivity contribution in [3.05, 3.63) is 51.1 Å². The molecule has 0 aliphatic carbocycles. The van der Waals surface area contributed by atoms with Gasteiger partial charge >= 0.3 is 0 Å². The van der Waals surface area contributed by atoms with Gasteiger partial charge in [-0.1, -0.05) is 11.8 Å². The zero-order valence-corrected chi connectivity index (χ0v) is 15.6. The molecule has 132 valence electrons. The number of thioether (sulfide) groups is 1. The van der Waals surface area contributed by atoms with Gasteiger partial charge in [-0.15, -0.1) is 11.3 Å². The highest BCUT2D eigenvalue weighted by atomic mass is 32.2. The molecule has 1 N–H and O–H groups in total. The Morgan fingerprint density at radius 2 is 2.15 bits per heavy atom. The molecule has 1 aliphatic rings. The molecule has 6 nitrogen and oxygen atoms in total. The third-order valence-electron chi connectivity index (χ3n) is 4.30. The number of rotatable bonds is 4. The Morgan fingerprint density at radius 1 is 1.31 bits per heavy atom. The lowest BCUT2D eigenvalue weighted by Crippen LogP contribution is -2.20. The fraction of sp³-hybridized carbons (Fsp3) is 0.222. The first-order valence-corrected chi connectivity index (χ1v) is 9.92. The molecule has 3 aromatic rings. The summed E-state index contributed by atoms with van der Waals surface area (Å²) in [5.41, 5.74) is 2.93. The van der Waals surface area contributed by atoms with Crippen LogP contribution < -0.4 is 10.9 Å². The molecule has 8 heteroatoms. The van der Waals surface area contributed by atoms with E-state index in [0.717, 1.165) is 11.3 Å². The van der Waals surface area contributed by atoms with Crippen molar-refractivity contribution in [1.29, 1.82) is 0 Å². The van der Waals surface area contributed by atoms with Crippen molar-refractivity contribution in [3.8, 4) is 0 Å². The average Bonchev–Trinajstić information content (AvgIpc) is 3.11. The van der Waals surface area contributed by atoms with Crippen LogP contribution in [0.15, 0.2) is 39.6 Å². The molecule has 0 saturated carbocycles. The number of Topliss-reactive ketones (excluding diaryl/α,β-unsaturated/α-hetero) is 1. The van der Waals surface area contributed by atoms with Crippen molar-refractivity contribution in [2.45, 2.75) is 18.0 Å². The summed E-state index contributed by atoms with van der Waals surface area (Å²) in [6.07, 6.45) is 1.08. The number of benzene rings is 1. The maximum Gasteiger partial charge on any atom is 0.271 e. The molecule has 0 saturated heterocycles. The Balaban J connectivity index is 1.53. The molecule has 0 atom stereocenters. The minimum atomic E-state index is -0.0931. The van der Waals surface area contributed by atoms with E-state index in [9.17, 15) is 14.4 Å². The summed E-state index contributed by atoms with van der Waals surface area (Å²) in [7, 11) is 1.67. The van der Waals surface area contributed by atoms with E-state index in [0.29, 0.717) is 33.8 Å². The van der Waals surface area contributed by atoms with Gasteiger partial charge in [-0.05, 0) is 41.6 Å². The van der Waals surface area contributed by atoms with Gasteiger partial charge in [0, 0.05) is 24.7 Å². The Labute approximate surface area is 157 Å². The lowest BCUT2D eigenvalue weighted by atomic mass is 9.99. The number of aryl methyl sites for hydroxylation is 1. The van der Waals surface area contributed by atoms with Crippen molar-refractivity contribution >= 4 is 50.7 Å². The predicted molar refractivity (Wildman–Crippen MR) is 103 cm³/mol. The molecule has 0 fully saturated rings. The second-order valence-corrected chi connectivity index (χ2v) is 7.88. The van der Waals surface area contributed by atoms with Gasteiger partial charge in [-0.3, -0.25) is 19.0 Å². The Kier molecular flexibility index (Phi) is 4.37. The van der Waals surface area contributed by atoms with Gasteiger partial charge in [0.1, 0.15) is 4.70 Å². The number of nitrogens with one attached hydrogen (secondary N) is 1. The number of hydrogen-bond donors (Lipinski definition) is 1. The lowest BCUT2D eigenvalue weighted by molar-refractivity contribution is -0.116. The summed E-state index contributed by atoms with van der Waals surface area (Å²) >= 11 is 2.63. The number of ketones is 1. The Bertz CT molecular complexity index is 1100. The zero-order valence-electron chi connectivity index (χ0n) is 13.9. The van der Waals surface area contributed by atoms with Crippen LogP contribution in [0.2, 0.25) is 0 Å². The van der Waals surface area contributed by atoms with Gasteiger partial charge in [-0.25, -0.2) is 4.98 Å².